The Morgan fingerprint density at radius 2 is 1.87 bits per heavy atom. The first-order valence-corrected chi connectivity index (χ1v) is 11.2. The molecule has 1 unspecified atom stereocenters. The molecule has 3 aromatic rings. The quantitative estimate of drug-likeness (QED) is 0.523. The van der Waals surface area contributed by atoms with Crippen LogP contribution < -0.4 is 15.4 Å². The molecule has 0 radical (unpaired) electrons. The van der Waals surface area contributed by atoms with Gasteiger partial charge in [-0.25, -0.2) is 8.42 Å². The predicted molar refractivity (Wildman–Crippen MR) is 113 cm³/mol. The number of carbonyl (C=O) groups excluding carboxylic acids is 2. The number of aryl methyl sites for hydroxylation is 1. The van der Waals surface area contributed by atoms with Gasteiger partial charge in [-0.05, 0) is 47.9 Å². The van der Waals surface area contributed by atoms with E-state index in [9.17, 15) is 18.0 Å². The van der Waals surface area contributed by atoms with Crippen LogP contribution in [0.2, 0.25) is 0 Å². The summed E-state index contributed by atoms with van der Waals surface area (Å²) in [5.74, 6) is -0.0465. The molecule has 9 heteroatoms. The van der Waals surface area contributed by atoms with Gasteiger partial charge in [0.25, 0.3) is 0 Å². The number of anilines is 1. The van der Waals surface area contributed by atoms with Crippen LogP contribution in [-0.4, -0.2) is 20.2 Å². The summed E-state index contributed by atoms with van der Waals surface area (Å²) in [4.78, 5) is 24.5. The molecule has 160 valence electrons. The van der Waals surface area contributed by atoms with E-state index in [1.54, 1.807) is 48.5 Å². The SMILES string of the molecule is O=C1CCc2cc(S(=O)(=O)NC(C(=O)NCc3ccco3)c3ccccc3)ccc2N1. The monoisotopic (exact) mass is 439 g/mol. The van der Waals surface area contributed by atoms with Crippen LogP contribution in [0, 0.1) is 0 Å². The maximum absolute atomic E-state index is 13.1. The van der Waals surface area contributed by atoms with Crippen LogP contribution in [0.5, 0.6) is 0 Å². The van der Waals surface area contributed by atoms with E-state index in [1.165, 1.54) is 18.4 Å². The van der Waals surface area contributed by atoms with Gasteiger partial charge < -0.3 is 15.1 Å². The fraction of sp³-hybridized carbons (Fsp3) is 0.182. The van der Waals surface area contributed by atoms with E-state index in [0.717, 1.165) is 5.56 Å². The molecule has 1 atom stereocenters. The number of carbonyl (C=O) groups is 2. The zero-order chi connectivity index (χ0) is 21.8. The minimum absolute atomic E-state index is 0.0298. The Bertz CT molecular complexity index is 1190. The molecule has 31 heavy (non-hydrogen) atoms. The highest BCUT2D eigenvalue weighted by Crippen LogP contribution is 2.26. The van der Waals surface area contributed by atoms with E-state index in [-0.39, 0.29) is 17.3 Å². The van der Waals surface area contributed by atoms with Crippen LogP contribution in [0.1, 0.15) is 29.3 Å². The standard InChI is InChI=1S/C22H21N3O5S/c26-20-11-8-16-13-18(9-10-19(16)24-20)31(28,29)25-21(15-5-2-1-3-6-15)22(27)23-14-17-7-4-12-30-17/h1-7,9-10,12-13,21,25H,8,11,14H2,(H,23,27)(H,24,26). The van der Waals surface area contributed by atoms with Crippen LogP contribution >= 0.6 is 0 Å². The maximum atomic E-state index is 13.1. The smallest absolute Gasteiger partial charge is 0.243 e. The number of sulfonamides is 1. The minimum atomic E-state index is -4.02. The third kappa shape index (κ3) is 4.84. The van der Waals surface area contributed by atoms with Crippen molar-refractivity contribution in [1.82, 2.24) is 10.0 Å². The molecule has 1 aliphatic heterocycles. The Hall–Kier alpha value is -3.43. The largest absolute Gasteiger partial charge is 0.467 e. The fourth-order valence-electron chi connectivity index (χ4n) is 3.36. The van der Waals surface area contributed by atoms with Crippen molar-refractivity contribution in [2.24, 2.45) is 0 Å². The van der Waals surface area contributed by atoms with Crippen molar-refractivity contribution < 1.29 is 22.4 Å². The first-order valence-electron chi connectivity index (χ1n) is 9.72. The highest BCUT2D eigenvalue weighted by atomic mass is 32.2. The van der Waals surface area contributed by atoms with Crippen molar-refractivity contribution in [3.05, 3.63) is 83.8 Å². The average molecular weight is 439 g/mol. The summed E-state index contributed by atoms with van der Waals surface area (Å²) in [5.41, 5.74) is 1.85. The van der Waals surface area contributed by atoms with Gasteiger partial charge in [-0.15, -0.1) is 0 Å². The van der Waals surface area contributed by atoms with Crippen molar-refractivity contribution >= 4 is 27.5 Å². The van der Waals surface area contributed by atoms with Gasteiger partial charge in [0, 0.05) is 12.1 Å². The summed E-state index contributed by atoms with van der Waals surface area (Å²) in [7, 11) is -4.02. The molecule has 2 heterocycles. The number of hydrogen-bond donors (Lipinski definition) is 3. The summed E-state index contributed by atoms with van der Waals surface area (Å²) < 4.78 is 33.9. The van der Waals surface area contributed by atoms with Crippen molar-refractivity contribution in [2.45, 2.75) is 30.3 Å². The van der Waals surface area contributed by atoms with Gasteiger partial charge in [-0.3, -0.25) is 9.59 Å². The van der Waals surface area contributed by atoms with E-state index in [2.05, 4.69) is 15.4 Å². The predicted octanol–water partition coefficient (Wildman–Crippen LogP) is 2.50. The molecule has 0 spiro atoms. The number of hydrogen-bond acceptors (Lipinski definition) is 5. The Morgan fingerprint density at radius 3 is 2.61 bits per heavy atom. The number of furan rings is 1. The van der Waals surface area contributed by atoms with Crippen LogP contribution in [0.15, 0.2) is 76.2 Å². The molecule has 2 amide bonds. The van der Waals surface area contributed by atoms with Crippen molar-refractivity contribution in [3.8, 4) is 0 Å². The number of fused-ring (bicyclic) bond motifs is 1. The van der Waals surface area contributed by atoms with Gasteiger partial charge in [-0.2, -0.15) is 4.72 Å². The molecule has 4 rings (SSSR count). The van der Waals surface area contributed by atoms with Crippen molar-refractivity contribution in [3.63, 3.8) is 0 Å². The summed E-state index contributed by atoms with van der Waals surface area (Å²) in [5, 5.41) is 5.43. The molecular formula is C22H21N3O5S. The van der Waals surface area contributed by atoms with Gasteiger partial charge in [0.15, 0.2) is 0 Å². The average Bonchev–Trinajstić information content (AvgIpc) is 3.30. The van der Waals surface area contributed by atoms with Gasteiger partial charge in [0.1, 0.15) is 11.8 Å². The Labute approximate surface area is 179 Å². The Balaban J connectivity index is 1.58. The minimum Gasteiger partial charge on any atom is -0.467 e. The first-order chi connectivity index (χ1) is 14.9. The highest BCUT2D eigenvalue weighted by Gasteiger charge is 2.28. The van der Waals surface area contributed by atoms with E-state index < -0.39 is 22.0 Å². The van der Waals surface area contributed by atoms with Crippen molar-refractivity contribution in [2.75, 3.05) is 5.32 Å². The summed E-state index contributed by atoms with van der Waals surface area (Å²) in [6, 6.07) is 15.4. The number of benzene rings is 2. The second kappa shape index (κ2) is 8.75. The highest BCUT2D eigenvalue weighted by molar-refractivity contribution is 7.89. The molecule has 1 aromatic heterocycles. The fourth-order valence-corrected chi connectivity index (χ4v) is 4.59. The lowest BCUT2D eigenvalue weighted by Crippen LogP contribution is -2.40. The van der Waals surface area contributed by atoms with Crippen LogP contribution in [0.25, 0.3) is 0 Å². The van der Waals surface area contributed by atoms with Gasteiger partial charge >= 0.3 is 0 Å². The zero-order valence-corrected chi connectivity index (χ0v) is 17.3. The molecule has 0 bridgehead atoms. The van der Waals surface area contributed by atoms with E-state index in [0.29, 0.717) is 29.9 Å². The maximum Gasteiger partial charge on any atom is 0.243 e. The summed E-state index contributed by atoms with van der Waals surface area (Å²) in [6.07, 6.45) is 2.25. The number of amides is 2. The topological polar surface area (TPSA) is 118 Å². The zero-order valence-electron chi connectivity index (χ0n) is 16.5. The number of nitrogens with one attached hydrogen (secondary N) is 3. The molecule has 1 aliphatic rings. The molecule has 0 aliphatic carbocycles. The van der Waals surface area contributed by atoms with Crippen LogP contribution in [-0.2, 0) is 32.6 Å². The summed E-state index contributed by atoms with van der Waals surface area (Å²) >= 11 is 0. The third-order valence-corrected chi connectivity index (χ3v) is 6.39. The third-order valence-electron chi connectivity index (χ3n) is 4.97. The van der Waals surface area contributed by atoms with E-state index >= 15 is 0 Å². The molecule has 0 saturated heterocycles. The molecule has 8 nitrogen and oxygen atoms in total. The molecule has 0 fully saturated rings. The Morgan fingerprint density at radius 1 is 1.06 bits per heavy atom. The molecule has 2 aromatic carbocycles. The van der Waals surface area contributed by atoms with Gasteiger partial charge in [0.05, 0.1) is 17.7 Å². The molecule has 0 saturated carbocycles. The normalized spacial score (nSPS) is 14.4. The lowest BCUT2D eigenvalue weighted by atomic mass is 10.0. The lowest BCUT2D eigenvalue weighted by Gasteiger charge is -2.20. The number of rotatable bonds is 7. The van der Waals surface area contributed by atoms with Gasteiger partial charge in [-0.1, -0.05) is 30.3 Å². The molecule has 3 N–H and O–H groups in total. The van der Waals surface area contributed by atoms with Gasteiger partial charge in [0.2, 0.25) is 21.8 Å². The van der Waals surface area contributed by atoms with Crippen LogP contribution in [0.3, 0.4) is 0 Å². The lowest BCUT2D eigenvalue weighted by molar-refractivity contribution is -0.123. The van der Waals surface area contributed by atoms with E-state index in [4.69, 9.17) is 4.42 Å². The second-order valence-corrected chi connectivity index (χ2v) is 8.84. The van der Waals surface area contributed by atoms with Crippen LogP contribution in [0.4, 0.5) is 5.69 Å². The first kappa shape index (κ1) is 20.8. The van der Waals surface area contributed by atoms with Crippen molar-refractivity contribution in [1.29, 1.82) is 0 Å². The van der Waals surface area contributed by atoms with E-state index in [1.807, 2.05) is 0 Å². The summed E-state index contributed by atoms with van der Waals surface area (Å²) in [6.45, 7) is 0.134. The Kier molecular flexibility index (Phi) is 5.88. The second-order valence-electron chi connectivity index (χ2n) is 7.13. The molecular weight excluding hydrogens is 418 g/mol.